The molecule has 1 amide bonds. The average molecular weight is 437 g/mol. The number of pyridine rings is 1. The molecule has 7 nitrogen and oxygen atoms in total. The van der Waals surface area contributed by atoms with Gasteiger partial charge in [0.2, 0.25) is 0 Å². The van der Waals surface area contributed by atoms with E-state index in [0.717, 1.165) is 4.90 Å². The van der Waals surface area contributed by atoms with Gasteiger partial charge >= 0.3 is 0 Å². The van der Waals surface area contributed by atoms with Crippen molar-refractivity contribution in [3.8, 4) is 11.5 Å². The van der Waals surface area contributed by atoms with Crippen LogP contribution < -0.4 is 9.64 Å². The number of hydrogen-bond donors (Lipinski definition) is 2. The second kappa shape index (κ2) is 8.12. The standard InChI is InChI=1S/C23H17ClN2O5/c1-31-18-10-9-13(24)12-14(18)21(28)19-20(15-6-4-5-11-25-15)26(23(30)22(19)29)16-7-2-3-8-17(16)27/h2-12,20,27-28H,1H3/b21-19+. The number of ether oxygens (including phenoxy) is 1. The molecule has 1 aliphatic heterocycles. The fourth-order valence-electron chi connectivity index (χ4n) is 3.58. The van der Waals surface area contributed by atoms with Gasteiger partial charge in [0, 0.05) is 11.2 Å². The highest BCUT2D eigenvalue weighted by Gasteiger charge is 2.48. The number of aromatic hydroxyl groups is 1. The van der Waals surface area contributed by atoms with E-state index in [9.17, 15) is 19.8 Å². The molecule has 0 spiro atoms. The molecular formula is C23H17ClN2O5. The fourth-order valence-corrected chi connectivity index (χ4v) is 3.75. The molecule has 1 unspecified atom stereocenters. The molecule has 2 heterocycles. The Balaban J connectivity index is 2.00. The summed E-state index contributed by atoms with van der Waals surface area (Å²) in [5.74, 6) is -2.19. The smallest absolute Gasteiger partial charge is 0.300 e. The van der Waals surface area contributed by atoms with Crippen molar-refractivity contribution in [3.63, 3.8) is 0 Å². The Labute approximate surface area is 182 Å². The van der Waals surface area contributed by atoms with Crippen molar-refractivity contribution >= 4 is 34.7 Å². The lowest BCUT2D eigenvalue weighted by molar-refractivity contribution is -0.132. The molecule has 0 aliphatic carbocycles. The maximum Gasteiger partial charge on any atom is 0.300 e. The second-order valence-electron chi connectivity index (χ2n) is 6.76. The number of methoxy groups -OCH3 is 1. The number of phenolic OH excluding ortho intramolecular Hbond substituents is 1. The van der Waals surface area contributed by atoms with Gasteiger partial charge in [-0.1, -0.05) is 29.8 Å². The number of para-hydroxylation sites is 2. The Hall–Kier alpha value is -3.84. The number of nitrogens with zero attached hydrogens (tertiary/aromatic N) is 2. The summed E-state index contributed by atoms with van der Waals surface area (Å²) in [7, 11) is 1.41. The van der Waals surface area contributed by atoms with Crippen molar-refractivity contribution in [2.45, 2.75) is 6.04 Å². The van der Waals surface area contributed by atoms with Crippen LogP contribution in [-0.4, -0.2) is 34.0 Å². The lowest BCUT2D eigenvalue weighted by Gasteiger charge is -2.25. The minimum absolute atomic E-state index is 0.123. The lowest BCUT2D eigenvalue weighted by Crippen LogP contribution is -2.29. The van der Waals surface area contributed by atoms with Gasteiger partial charge in [-0.15, -0.1) is 0 Å². The zero-order chi connectivity index (χ0) is 22.1. The lowest BCUT2D eigenvalue weighted by atomic mass is 9.97. The van der Waals surface area contributed by atoms with Gasteiger partial charge in [-0.05, 0) is 42.5 Å². The Kier molecular flexibility index (Phi) is 5.35. The minimum atomic E-state index is -1.07. The molecule has 31 heavy (non-hydrogen) atoms. The van der Waals surface area contributed by atoms with Crippen molar-refractivity contribution in [1.82, 2.24) is 4.98 Å². The molecule has 4 rings (SSSR count). The van der Waals surface area contributed by atoms with E-state index in [1.165, 1.54) is 31.5 Å². The van der Waals surface area contributed by atoms with Crippen molar-refractivity contribution in [2.24, 2.45) is 0 Å². The zero-order valence-electron chi connectivity index (χ0n) is 16.3. The Bertz CT molecular complexity index is 1210. The van der Waals surface area contributed by atoms with Crippen molar-refractivity contribution in [1.29, 1.82) is 0 Å². The van der Waals surface area contributed by atoms with Gasteiger partial charge in [0.25, 0.3) is 11.7 Å². The molecule has 1 atom stereocenters. The number of aliphatic hydroxyl groups is 1. The SMILES string of the molecule is COc1ccc(Cl)cc1/C(O)=C1\C(=O)C(=O)N(c2ccccc2O)C1c1ccccn1. The number of amides is 1. The Morgan fingerprint density at radius 1 is 1.10 bits per heavy atom. The number of benzene rings is 2. The summed E-state index contributed by atoms with van der Waals surface area (Å²) >= 11 is 6.09. The maximum absolute atomic E-state index is 13.1. The van der Waals surface area contributed by atoms with Gasteiger partial charge in [0.05, 0.1) is 29.6 Å². The maximum atomic E-state index is 13.1. The van der Waals surface area contributed by atoms with Crippen LogP contribution in [0.1, 0.15) is 17.3 Å². The molecule has 0 radical (unpaired) electrons. The van der Waals surface area contributed by atoms with Gasteiger partial charge in [0.15, 0.2) is 0 Å². The highest BCUT2D eigenvalue weighted by atomic mass is 35.5. The van der Waals surface area contributed by atoms with E-state index in [0.29, 0.717) is 10.7 Å². The molecule has 1 saturated heterocycles. The first kappa shape index (κ1) is 20.4. The predicted molar refractivity (Wildman–Crippen MR) is 115 cm³/mol. The molecule has 0 bridgehead atoms. The number of hydrogen-bond acceptors (Lipinski definition) is 6. The van der Waals surface area contributed by atoms with Gasteiger partial charge in [-0.3, -0.25) is 19.5 Å². The van der Waals surface area contributed by atoms with Crippen molar-refractivity contribution in [2.75, 3.05) is 12.0 Å². The van der Waals surface area contributed by atoms with Gasteiger partial charge < -0.3 is 14.9 Å². The van der Waals surface area contributed by atoms with Crippen LogP contribution in [0.2, 0.25) is 5.02 Å². The van der Waals surface area contributed by atoms with Gasteiger partial charge in [0.1, 0.15) is 23.3 Å². The van der Waals surface area contributed by atoms with E-state index in [1.54, 1.807) is 42.5 Å². The summed E-state index contributed by atoms with van der Waals surface area (Å²) < 4.78 is 5.30. The van der Waals surface area contributed by atoms with Crippen LogP contribution in [-0.2, 0) is 9.59 Å². The Morgan fingerprint density at radius 2 is 1.84 bits per heavy atom. The number of Topliss-reactive ketones (excluding diaryl/α,β-unsaturated/α-hetero) is 1. The normalized spacial score (nSPS) is 17.7. The molecule has 3 aromatic rings. The summed E-state index contributed by atoms with van der Waals surface area (Å²) in [5, 5.41) is 21.8. The summed E-state index contributed by atoms with van der Waals surface area (Å²) in [4.78, 5) is 31.6. The summed E-state index contributed by atoms with van der Waals surface area (Å²) in [6.07, 6.45) is 1.51. The van der Waals surface area contributed by atoms with E-state index >= 15 is 0 Å². The average Bonchev–Trinajstić information content (AvgIpc) is 3.05. The second-order valence-corrected chi connectivity index (χ2v) is 7.19. The minimum Gasteiger partial charge on any atom is -0.507 e. The number of aliphatic hydroxyl groups excluding tert-OH is 1. The van der Waals surface area contributed by atoms with Crippen LogP contribution in [0.4, 0.5) is 5.69 Å². The van der Waals surface area contributed by atoms with E-state index in [4.69, 9.17) is 16.3 Å². The molecule has 1 aliphatic rings. The van der Waals surface area contributed by atoms with Gasteiger partial charge in [-0.25, -0.2) is 0 Å². The van der Waals surface area contributed by atoms with E-state index in [2.05, 4.69) is 4.98 Å². The summed E-state index contributed by atoms with van der Waals surface area (Å²) in [6, 6.07) is 14.7. The molecule has 1 fully saturated rings. The third-order valence-corrected chi connectivity index (χ3v) is 5.21. The third kappa shape index (κ3) is 3.49. The number of halogens is 1. The number of ketones is 1. The van der Waals surface area contributed by atoms with Crippen LogP contribution >= 0.6 is 11.6 Å². The largest absolute Gasteiger partial charge is 0.507 e. The highest BCUT2D eigenvalue weighted by Crippen LogP contribution is 2.45. The number of carbonyl (C=O) groups excluding carboxylic acids is 2. The van der Waals surface area contributed by atoms with Crippen LogP contribution in [0.15, 0.2) is 72.4 Å². The summed E-state index contributed by atoms with van der Waals surface area (Å²) in [6.45, 7) is 0. The highest BCUT2D eigenvalue weighted by molar-refractivity contribution is 6.52. The van der Waals surface area contributed by atoms with E-state index < -0.39 is 23.5 Å². The molecule has 2 N–H and O–H groups in total. The van der Waals surface area contributed by atoms with Crippen LogP contribution in [0.5, 0.6) is 11.5 Å². The van der Waals surface area contributed by atoms with E-state index in [1.807, 2.05) is 0 Å². The Morgan fingerprint density at radius 3 is 2.52 bits per heavy atom. The first-order valence-electron chi connectivity index (χ1n) is 9.28. The first-order valence-corrected chi connectivity index (χ1v) is 9.65. The molecule has 8 heteroatoms. The number of anilines is 1. The number of phenols is 1. The first-order chi connectivity index (χ1) is 14.9. The molecule has 156 valence electrons. The van der Waals surface area contributed by atoms with Crippen LogP contribution in [0.25, 0.3) is 5.76 Å². The molecule has 1 aromatic heterocycles. The van der Waals surface area contributed by atoms with Gasteiger partial charge in [-0.2, -0.15) is 0 Å². The van der Waals surface area contributed by atoms with Crippen molar-refractivity contribution < 1.29 is 24.5 Å². The van der Waals surface area contributed by atoms with Crippen LogP contribution in [0, 0.1) is 0 Å². The number of rotatable bonds is 4. The monoisotopic (exact) mass is 436 g/mol. The topological polar surface area (TPSA) is 100.0 Å². The zero-order valence-corrected chi connectivity index (χ0v) is 17.1. The van der Waals surface area contributed by atoms with Crippen molar-refractivity contribution in [3.05, 3.63) is 88.7 Å². The molecular weight excluding hydrogens is 420 g/mol. The van der Waals surface area contributed by atoms with E-state index in [-0.39, 0.29) is 28.3 Å². The number of carbonyl (C=O) groups is 2. The third-order valence-electron chi connectivity index (χ3n) is 4.97. The quantitative estimate of drug-likeness (QED) is 0.363. The molecule has 2 aromatic carbocycles. The fraction of sp³-hybridized carbons (Fsp3) is 0.0870. The molecule has 0 saturated carbocycles. The van der Waals surface area contributed by atoms with Crippen LogP contribution in [0.3, 0.4) is 0 Å². The number of aromatic nitrogens is 1. The summed E-state index contributed by atoms with van der Waals surface area (Å²) in [5.41, 5.74) is 0.434. The predicted octanol–water partition coefficient (Wildman–Crippen LogP) is 4.08.